The zero-order chi connectivity index (χ0) is 20.9. The fourth-order valence-corrected chi connectivity index (χ4v) is 2.69. The van der Waals surface area contributed by atoms with Crippen molar-refractivity contribution in [3.05, 3.63) is 131 Å². The third kappa shape index (κ3) is 9.05. The Labute approximate surface area is 194 Å². The second-order valence-corrected chi connectivity index (χ2v) is 6.51. The Hall–Kier alpha value is -3.12. The smallest absolute Gasteiger partial charge is 0.655 e. The van der Waals surface area contributed by atoms with E-state index in [1.807, 2.05) is 78.9 Å². The van der Waals surface area contributed by atoms with E-state index >= 15 is 0 Å². The van der Waals surface area contributed by atoms with Gasteiger partial charge in [-0.15, -0.1) is 13.1 Å². The first-order valence-electron chi connectivity index (χ1n) is 9.81. The fraction of sp³-hybridized carbons (Fsp3) is 0.115. The van der Waals surface area contributed by atoms with E-state index in [0.717, 1.165) is 24.5 Å². The summed E-state index contributed by atoms with van der Waals surface area (Å²) in [6.07, 6.45) is 1.72. The second kappa shape index (κ2) is 14.0. The molecule has 1 aromatic heterocycles. The topological polar surface area (TPSA) is 50.3 Å². The molecule has 0 aliphatic carbocycles. The first-order valence-corrected chi connectivity index (χ1v) is 9.81. The molecule has 0 aliphatic rings. The van der Waals surface area contributed by atoms with E-state index in [-0.39, 0.29) is 16.8 Å². The predicted octanol–water partition coefficient (Wildman–Crippen LogP) is 7.19. The van der Waals surface area contributed by atoms with Gasteiger partial charge in [-0.25, -0.2) is 0 Å². The van der Waals surface area contributed by atoms with Crippen LogP contribution < -0.4 is 4.74 Å². The molecule has 1 radical (unpaired) electrons. The van der Waals surface area contributed by atoms with Gasteiger partial charge >= 0.3 is 16.8 Å². The quantitative estimate of drug-likeness (QED) is 0.297. The van der Waals surface area contributed by atoms with Gasteiger partial charge in [-0.3, -0.25) is 0 Å². The van der Waals surface area contributed by atoms with Gasteiger partial charge in [0.05, 0.1) is 7.11 Å². The number of methoxy groups -OCH3 is 1. The molecule has 0 aliphatic heterocycles. The van der Waals surface area contributed by atoms with Crippen molar-refractivity contribution in [2.24, 2.45) is 0 Å². The van der Waals surface area contributed by atoms with E-state index in [4.69, 9.17) is 4.74 Å². The van der Waals surface area contributed by atoms with Crippen LogP contribution in [0.3, 0.4) is 0 Å². The predicted molar refractivity (Wildman–Crippen MR) is 124 cm³/mol. The molecule has 0 fully saturated rings. The molecule has 0 atom stereocenters. The van der Waals surface area contributed by atoms with Gasteiger partial charge in [0.15, 0.2) is 0 Å². The van der Waals surface area contributed by atoms with Gasteiger partial charge < -0.3 is 20.4 Å². The second-order valence-electron chi connectivity index (χ2n) is 6.51. The SMILES string of the molecule is COc1ccc([N-]c2ccccn2)cc1.[Co+2].c1ccc(C[N-]Cc2ccccc2)cc1. The molecule has 3 aromatic carbocycles. The van der Waals surface area contributed by atoms with Crippen LogP contribution in [0.2, 0.25) is 0 Å². The zero-order valence-electron chi connectivity index (χ0n) is 17.4. The van der Waals surface area contributed by atoms with Crippen molar-refractivity contribution < 1.29 is 21.5 Å². The van der Waals surface area contributed by atoms with Crippen LogP contribution in [0.25, 0.3) is 10.6 Å². The third-order valence-electron chi connectivity index (χ3n) is 4.24. The van der Waals surface area contributed by atoms with Crippen molar-refractivity contribution in [2.45, 2.75) is 13.1 Å². The summed E-state index contributed by atoms with van der Waals surface area (Å²) in [5, 5.41) is 8.86. The first kappa shape index (κ1) is 24.1. The molecule has 31 heavy (non-hydrogen) atoms. The van der Waals surface area contributed by atoms with Gasteiger partial charge in [-0.1, -0.05) is 114 Å². The van der Waals surface area contributed by atoms with Crippen LogP contribution in [0.1, 0.15) is 11.1 Å². The zero-order valence-corrected chi connectivity index (χ0v) is 18.4. The van der Waals surface area contributed by atoms with Crippen molar-refractivity contribution in [1.82, 2.24) is 4.98 Å². The molecular weight excluding hydrogens is 429 g/mol. The number of hydrogen-bond donors (Lipinski definition) is 0. The molecule has 5 heteroatoms. The van der Waals surface area contributed by atoms with E-state index in [2.05, 4.69) is 39.9 Å². The summed E-state index contributed by atoms with van der Waals surface area (Å²) in [4.78, 5) is 4.12. The molecule has 1 heterocycles. The monoisotopic (exact) mass is 454 g/mol. The summed E-state index contributed by atoms with van der Waals surface area (Å²) in [6, 6.07) is 33.9. The number of hydrogen-bond acceptors (Lipinski definition) is 2. The van der Waals surface area contributed by atoms with Gasteiger partial charge in [-0.05, 0) is 17.8 Å². The van der Waals surface area contributed by atoms with Gasteiger partial charge in [0.25, 0.3) is 0 Å². The molecule has 4 nitrogen and oxygen atoms in total. The van der Waals surface area contributed by atoms with Gasteiger partial charge in [0.1, 0.15) is 5.75 Å². The Morgan fingerprint density at radius 3 is 1.71 bits per heavy atom. The van der Waals surface area contributed by atoms with E-state index in [9.17, 15) is 0 Å². The maximum atomic E-state index is 5.06. The molecular formula is C26H25CoN3O. The van der Waals surface area contributed by atoms with Gasteiger partial charge in [0.2, 0.25) is 0 Å². The Bertz CT molecular complexity index is 926. The Morgan fingerprint density at radius 2 is 1.23 bits per heavy atom. The standard InChI is InChI=1S/C14H14N.C12H11N2O.Co/c1-3-7-13(8-4-1)11-15-12-14-9-5-2-6-10-14;1-15-11-7-5-10(6-8-11)14-12-4-2-3-9-13-12;/h1-10H,11-12H2;2-9H,1H3;/q2*-1;+2. The largest absolute Gasteiger partial charge is 2.00 e. The normalized spacial score (nSPS) is 9.58. The summed E-state index contributed by atoms with van der Waals surface area (Å²) < 4.78 is 5.06. The van der Waals surface area contributed by atoms with Crippen molar-refractivity contribution in [3.63, 3.8) is 0 Å². The minimum absolute atomic E-state index is 0. The number of ether oxygens (including phenoxy) is 1. The number of benzene rings is 3. The first-order chi connectivity index (χ1) is 14.8. The molecule has 159 valence electrons. The summed E-state index contributed by atoms with van der Waals surface area (Å²) in [6.45, 7) is 1.60. The Kier molecular flexibility index (Phi) is 10.9. The van der Waals surface area contributed by atoms with Crippen LogP contribution in [0, 0.1) is 0 Å². The van der Waals surface area contributed by atoms with Crippen LogP contribution in [0.4, 0.5) is 11.5 Å². The van der Waals surface area contributed by atoms with Gasteiger partial charge in [-0.2, -0.15) is 0 Å². The minimum atomic E-state index is 0. The molecule has 0 N–H and O–H groups in total. The van der Waals surface area contributed by atoms with E-state index < -0.39 is 0 Å². The molecule has 0 bridgehead atoms. The molecule has 0 saturated carbocycles. The van der Waals surface area contributed by atoms with Crippen molar-refractivity contribution in [2.75, 3.05) is 7.11 Å². The van der Waals surface area contributed by atoms with Crippen molar-refractivity contribution in [1.29, 1.82) is 0 Å². The van der Waals surface area contributed by atoms with Crippen LogP contribution in [-0.4, -0.2) is 12.1 Å². The number of aromatic nitrogens is 1. The summed E-state index contributed by atoms with van der Waals surface area (Å²) in [5.41, 5.74) is 3.41. The summed E-state index contributed by atoms with van der Waals surface area (Å²) in [7, 11) is 1.64. The molecule has 4 rings (SSSR count). The van der Waals surface area contributed by atoms with E-state index in [1.165, 1.54) is 11.1 Å². The maximum Gasteiger partial charge on any atom is 2.00 e. The molecule has 4 aromatic rings. The fourth-order valence-electron chi connectivity index (χ4n) is 2.69. The minimum Gasteiger partial charge on any atom is -0.655 e. The summed E-state index contributed by atoms with van der Waals surface area (Å²) >= 11 is 0. The van der Waals surface area contributed by atoms with Crippen LogP contribution in [0.5, 0.6) is 5.75 Å². The molecule has 0 unspecified atom stereocenters. The van der Waals surface area contributed by atoms with Crippen LogP contribution in [0.15, 0.2) is 109 Å². The third-order valence-corrected chi connectivity index (χ3v) is 4.24. The van der Waals surface area contributed by atoms with E-state index in [1.54, 1.807) is 13.3 Å². The number of nitrogens with zero attached hydrogens (tertiary/aromatic N) is 3. The van der Waals surface area contributed by atoms with Crippen LogP contribution in [-0.2, 0) is 29.9 Å². The van der Waals surface area contributed by atoms with Crippen molar-refractivity contribution >= 4 is 11.5 Å². The van der Waals surface area contributed by atoms with E-state index in [0.29, 0.717) is 5.82 Å². The Balaban J connectivity index is 0.000000213. The maximum absolute atomic E-state index is 5.06. The average Bonchev–Trinajstić information content (AvgIpc) is 2.82. The molecule has 0 spiro atoms. The number of pyridine rings is 1. The average molecular weight is 454 g/mol. The molecule has 0 saturated heterocycles. The van der Waals surface area contributed by atoms with Crippen molar-refractivity contribution in [3.8, 4) is 5.75 Å². The van der Waals surface area contributed by atoms with Crippen LogP contribution >= 0.6 is 0 Å². The summed E-state index contributed by atoms with van der Waals surface area (Å²) in [5.74, 6) is 1.54. The Morgan fingerprint density at radius 1 is 0.677 bits per heavy atom. The molecule has 0 amide bonds. The van der Waals surface area contributed by atoms with Gasteiger partial charge in [0, 0.05) is 0 Å². The number of rotatable bonds is 7.